The van der Waals surface area contributed by atoms with E-state index in [0.717, 1.165) is 5.56 Å². The third-order valence-electron chi connectivity index (χ3n) is 2.72. The van der Waals surface area contributed by atoms with Gasteiger partial charge in [-0.05, 0) is 39.3 Å². The molecule has 0 aliphatic heterocycles. The smallest absolute Gasteiger partial charge is 0.324 e. The number of sulfone groups is 1. The Balaban J connectivity index is 3.17. The fraction of sp³-hybridized carbons (Fsp3) is 0.462. The highest BCUT2D eigenvalue weighted by atomic mass is 32.2. The molecule has 100 valence electrons. The van der Waals surface area contributed by atoms with Crippen molar-refractivity contribution < 1.29 is 17.9 Å². The SMILES string of the molecule is CCOC(=O)C(C)S(=O)(=O)c1ccc(C)cc1C. The van der Waals surface area contributed by atoms with Crippen LogP contribution in [0.5, 0.6) is 0 Å². The Hall–Kier alpha value is -1.36. The summed E-state index contributed by atoms with van der Waals surface area (Å²) in [5.41, 5.74) is 1.63. The average Bonchev–Trinajstić information content (AvgIpc) is 2.27. The molecule has 0 fully saturated rings. The van der Waals surface area contributed by atoms with Crippen LogP contribution in [0.4, 0.5) is 0 Å². The molecule has 0 aliphatic rings. The number of ether oxygens (including phenoxy) is 1. The van der Waals surface area contributed by atoms with E-state index in [9.17, 15) is 13.2 Å². The molecule has 1 rings (SSSR count). The van der Waals surface area contributed by atoms with E-state index in [2.05, 4.69) is 0 Å². The topological polar surface area (TPSA) is 60.4 Å². The quantitative estimate of drug-likeness (QED) is 0.785. The third-order valence-corrected chi connectivity index (χ3v) is 4.92. The molecule has 0 radical (unpaired) electrons. The molecule has 4 nitrogen and oxygen atoms in total. The van der Waals surface area contributed by atoms with E-state index in [0.29, 0.717) is 5.56 Å². The molecule has 0 N–H and O–H groups in total. The molecule has 0 aliphatic carbocycles. The second-order valence-electron chi connectivity index (χ2n) is 4.21. The molecule has 1 aromatic rings. The summed E-state index contributed by atoms with van der Waals surface area (Å²) in [6.45, 7) is 6.78. The summed E-state index contributed by atoms with van der Waals surface area (Å²) in [5, 5.41) is -1.18. The fourth-order valence-corrected chi connectivity index (χ4v) is 3.16. The van der Waals surface area contributed by atoms with Gasteiger partial charge >= 0.3 is 5.97 Å². The van der Waals surface area contributed by atoms with Crippen molar-refractivity contribution in [3.63, 3.8) is 0 Å². The highest BCUT2D eigenvalue weighted by molar-refractivity contribution is 7.92. The maximum absolute atomic E-state index is 12.3. The summed E-state index contributed by atoms with van der Waals surface area (Å²) in [6.07, 6.45) is 0. The first kappa shape index (κ1) is 14.7. The second-order valence-corrected chi connectivity index (χ2v) is 6.45. The van der Waals surface area contributed by atoms with Crippen molar-refractivity contribution in [2.45, 2.75) is 37.8 Å². The molecule has 1 unspecified atom stereocenters. The van der Waals surface area contributed by atoms with E-state index in [4.69, 9.17) is 4.74 Å². The minimum atomic E-state index is -3.68. The lowest BCUT2D eigenvalue weighted by Crippen LogP contribution is -2.29. The maximum atomic E-state index is 12.3. The molecule has 0 amide bonds. The number of benzene rings is 1. The molecule has 1 aromatic carbocycles. The summed E-state index contributed by atoms with van der Waals surface area (Å²) in [7, 11) is -3.68. The molecule has 5 heteroatoms. The van der Waals surface area contributed by atoms with Crippen molar-refractivity contribution in [2.75, 3.05) is 6.61 Å². The van der Waals surface area contributed by atoms with E-state index < -0.39 is 21.1 Å². The fourth-order valence-electron chi connectivity index (χ4n) is 1.70. The lowest BCUT2D eigenvalue weighted by molar-refractivity contribution is -0.142. The first-order valence-electron chi connectivity index (χ1n) is 5.78. The first-order valence-corrected chi connectivity index (χ1v) is 7.33. The van der Waals surface area contributed by atoms with Gasteiger partial charge in [0, 0.05) is 0 Å². The van der Waals surface area contributed by atoms with Crippen LogP contribution in [0.25, 0.3) is 0 Å². The Kier molecular flexibility index (Phi) is 4.51. The van der Waals surface area contributed by atoms with Gasteiger partial charge in [-0.25, -0.2) is 8.42 Å². The van der Waals surface area contributed by atoms with Gasteiger partial charge < -0.3 is 4.74 Å². The summed E-state index contributed by atoms with van der Waals surface area (Å²) in [6, 6.07) is 5.04. The largest absolute Gasteiger partial charge is 0.465 e. The van der Waals surface area contributed by atoms with E-state index in [-0.39, 0.29) is 11.5 Å². The molecular formula is C13H18O4S. The van der Waals surface area contributed by atoms with Gasteiger partial charge in [0.2, 0.25) is 0 Å². The first-order chi connectivity index (χ1) is 8.30. The van der Waals surface area contributed by atoms with Crippen molar-refractivity contribution in [3.05, 3.63) is 29.3 Å². The van der Waals surface area contributed by atoms with Crippen molar-refractivity contribution in [2.24, 2.45) is 0 Å². The minimum Gasteiger partial charge on any atom is -0.465 e. The lowest BCUT2D eigenvalue weighted by Gasteiger charge is -2.14. The van der Waals surface area contributed by atoms with Crippen molar-refractivity contribution in [3.8, 4) is 0 Å². The number of aryl methyl sites for hydroxylation is 2. The average molecular weight is 270 g/mol. The van der Waals surface area contributed by atoms with Gasteiger partial charge in [0.15, 0.2) is 15.1 Å². The van der Waals surface area contributed by atoms with E-state index in [1.54, 1.807) is 26.0 Å². The number of rotatable bonds is 4. The molecule has 18 heavy (non-hydrogen) atoms. The highest BCUT2D eigenvalue weighted by Gasteiger charge is 2.31. The summed E-state index contributed by atoms with van der Waals surface area (Å²) < 4.78 is 29.3. The highest BCUT2D eigenvalue weighted by Crippen LogP contribution is 2.21. The van der Waals surface area contributed by atoms with Gasteiger partial charge in [-0.2, -0.15) is 0 Å². The predicted octanol–water partition coefficient (Wildman–Crippen LogP) is 2.03. The van der Waals surface area contributed by atoms with Crippen LogP contribution in [-0.4, -0.2) is 26.2 Å². The standard InChI is InChI=1S/C13H18O4S/c1-5-17-13(14)11(4)18(15,16)12-7-6-9(2)8-10(12)3/h6-8,11H,5H2,1-4H3. The van der Waals surface area contributed by atoms with Crippen molar-refractivity contribution in [1.82, 2.24) is 0 Å². The predicted molar refractivity (Wildman–Crippen MR) is 69.2 cm³/mol. The Morgan fingerprint density at radius 1 is 1.33 bits per heavy atom. The van der Waals surface area contributed by atoms with E-state index in [1.165, 1.54) is 13.0 Å². The Bertz CT molecular complexity index is 546. The molecule has 0 bridgehead atoms. The number of hydrogen-bond donors (Lipinski definition) is 0. The lowest BCUT2D eigenvalue weighted by atomic mass is 10.2. The maximum Gasteiger partial charge on any atom is 0.324 e. The minimum absolute atomic E-state index is 0.172. The van der Waals surface area contributed by atoms with Crippen LogP contribution >= 0.6 is 0 Å². The van der Waals surface area contributed by atoms with Crippen LogP contribution < -0.4 is 0 Å². The Labute approximate surface area is 108 Å². The molecule has 0 spiro atoms. The van der Waals surface area contributed by atoms with Crippen LogP contribution in [0.2, 0.25) is 0 Å². The van der Waals surface area contributed by atoms with E-state index in [1.807, 2.05) is 6.92 Å². The molecular weight excluding hydrogens is 252 g/mol. The zero-order chi connectivity index (χ0) is 13.9. The van der Waals surface area contributed by atoms with Gasteiger partial charge in [-0.1, -0.05) is 17.7 Å². The summed E-state index contributed by atoms with van der Waals surface area (Å²) in [5.74, 6) is -0.711. The van der Waals surface area contributed by atoms with Gasteiger partial charge in [0.05, 0.1) is 11.5 Å². The molecule has 1 atom stereocenters. The normalized spacial score (nSPS) is 13.1. The van der Waals surface area contributed by atoms with E-state index >= 15 is 0 Å². The van der Waals surface area contributed by atoms with Crippen LogP contribution in [0.3, 0.4) is 0 Å². The molecule has 0 aromatic heterocycles. The number of carbonyl (C=O) groups excluding carboxylic acids is 1. The number of hydrogen-bond acceptors (Lipinski definition) is 4. The van der Waals surface area contributed by atoms with Crippen LogP contribution in [0.1, 0.15) is 25.0 Å². The van der Waals surface area contributed by atoms with Crippen LogP contribution in [0, 0.1) is 13.8 Å². The summed E-state index contributed by atoms with van der Waals surface area (Å²) >= 11 is 0. The number of esters is 1. The van der Waals surface area contributed by atoms with Gasteiger partial charge in [0.25, 0.3) is 0 Å². The van der Waals surface area contributed by atoms with Crippen LogP contribution in [-0.2, 0) is 19.4 Å². The zero-order valence-corrected chi connectivity index (χ0v) is 11.9. The monoisotopic (exact) mass is 270 g/mol. The van der Waals surface area contributed by atoms with Gasteiger partial charge in [0.1, 0.15) is 0 Å². The Morgan fingerprint density at radius 3 is 2.44 bits per heavy atom. The third kappa shape index (κ3) is 2.90. The Morgan fingerprint density at radius 2 is 1.94 bits per heavy atom. The summed E-state index contributed by atoms with van der Waals surface area (Å²) in [4.78, 5) is 11.7. The number of carbonyl (C=O) groups is 1. The van der Waals surface area contributed by atoms with Gasteiger partial charge in [-0.15, -0.1) is 0 Å². The second kappa shape index (κ2) is 5.52. The molecule has 0 saturated heterocycles. The van der Waals surface area contributed by atoms with Crippen molar-refractivity contribution in [1.29, 1.82) is 0 Å². The zero-order valence-electron chi connectivity index (χ0n) is 11.1. The molecule has 0 heterocycles. The van der Waals surface area contributed by atoms with Crippen molar-refractivity contribution >= 4 is 15.8 Å². The molecule has 0 saturated carbocycles. The van der Waals surface area contributed by atoms with Crippen LogP contribution in [0.15, 0.2) is 23.1 Å². The van der Waals surface area contributed by atoms with Gasteiger partial charge in [-0.3, -0.25) is 4.79 Å².